The largest absolute Gasteiger partial charge is 0.465 e. The summed E-state index contributed by atoms with van der Waals surface area (Å²) in [5.41, 5.74) is 0. The number of esters is 1. The van der Waals surface area contributed by atoms with Crippen molar-refractivity contribution in [1.29, 1.82) is 0 Å². The molecule has 1 aliphatic carbocycles. The van der Waals surface area contributed by atoms with Crippen molar-refractivity contribution in [2.45, 2.75) is 24.2 Å². The third kappa shape index (κ3) is 4.63. The molecule has 5 heteroatoms. The number of hydrogen-bond donors (Lipinski definition) is 0. The third-order valence-corrected chi connectivity index (χ3v) is 4.12. The van der Waals surface area contributed by atoms with Crippen molar-refractivity contribution in [3.05, 3.63) is 42.0 Å². The van der Waals surface area contributed by atoms with E-state index in [1.807, 2.05) is 0 Å². The fourth-order valence-electron chi connectivity index (χ4n) is 1.99. The monoisotopic (exact) mass is 298 g/mol. The Morgan fingerprint density at radius 3 is 2.90 bits per heavy atom. The molecule has 2 rings (SSSR count). The third-order valence-electron chi connectivity index (χ3n) is 3.10. The highest BCUT2D eigenvalue weighted by molar-refractivity contribution is 8.00. The Labute approximate surface area is 121 Å². The molecule has 0 saturated carbocycles. The van der Waals surface area contributed by atoms with Crippen LogP contribution in [0, 0.1) is 17.6 Å². The van der Waals surface area contributed by atoms with E-state index in [0.717, 1.165) is 37.1 Å². The Bertz CT molecular complexity index is 503. The average molecular weight is 298 g/mol. The van der Waals surface area contributed by atoms with Crippen LogP contribution < -0.4 is 0 Å². The highest BCUT2D eigenvalue weighted by Crippen LogP contribution is 2.23. The Morgan fingerprint density at radius 2 is 2.20 bits per heavy atom. The van der Waals surface area contributed by atoms with Gasteiger partial charge in [0.05, 0.1) is 12.4 Å². The highest BCUT2D eigenvalue weighted by Gasteiger charge is 2.13. The molecule has 0 fully saturated rings. The van der Waals surface area contributed by atoms with Gasteiger partial charge in [0.25, 0.3) is 0 Å². The van der Waals surface area contributed by atoms with E-state index in [1.165, 1.54) is 12.1 Å². The predicted octanol–water partition coefficient (Wildman–Crippen LogP) is 3.96. The molecule has 1 aliphatic rings. The summed E-state index contributed by atoms with van der Waals surface area (Å²) >= 11 is 1.02. The van der Waals surface area contributed by atoms with Crippen LogP contribution in [0.15, 0.2) is 35.2 Å². The van der Waals surface area contributed by atoms with Gasteiger partial charge in [0.15, 0.2) is 0 Å². The van der Waals surface area contributed by atoms with Gasteiger partial charge in [-0.3, -0.25) is 4.79 Å². The second-order valence-corrected chi connectivity index (χ2v) is 5.71. The Balaban J connectivity index is 1.73. The quantitative estimate of drug-likeness (QED) is 0.467. The molecule has 0 N–H and O–H groups in total. The molecule has 0 bridgehead atoms. The fourth-order valence-corrected chi connectivity index (χ4v) is 2.71. The second-order valence-electron chi connectivity index (χ2n) is 4.70. The van der Waals surface area contributed by atoms with Crippen molar-refractivity contribution in [2.24, 2.45) is 5.92 Å². The number of allylic oxidation sites excluding steroid dienone is 2. The van der Waals surface area contributed by atoms with E-state index in [2.05, 4.69) is 12.2 Å². The number of benzene rings is 1. The van der Waals surface area contributed by atoms with E-state index in [1.54, 1.807) is 0 Å². The van der Waals surface area contributed by atoms with Crippen molar-refractivity contribution in [3.63, 3.8) is 0 Å². The van der Waals surface area contributed by atoms with Crippen LogP contribution in [0.4, 0.5) is 8.78 Å². The zero-order valence-corrected chi connectivity index (χ0v) is 11.8. The van der Waals surface area contributed by atoms with Crippen LogP contribution in [0.25, 0.3) is 0 Å². The van der Waals surface area contributed by atoms with Crippen LogP contribution in [0.3, 0.4) is 0 Å². The van der Waals surface area contributed by atoms with Gasteiger partial charge in [0, 0.05) is 11.0 Å². The van der Waals surface area contributed by atoms with Crippen LogP contribution in [0.5, 0.6) is 0 Å². The molecule has 1 unspecified atom stereocenters. The van der Waals surface area contributed by atoms with E-state index in [9.17, 15) is 13.6 Å². The topological polar surface area (TPSA) is 26.3 Å². The van der Waals surface area contributed by atoms with Crippen molar-refractivity contribution < 1.29 is 18.3 Å². The number of carbonyl (C=O) groups excluding carboxylic acids is 1. The van der Waals surface area contributed by atoms with Crippen molar-refractivity contribution in [1.82, 2.24) is 0 Å². The van der Waals surface area contributed by atoms with E-state index < -0.39 is 11.6 Å². The van der Waals surface area contributed by atoms with Crippen LogP contribution in [-0.2, 0) is 9.53 Å². The molecule has 0 heterocycles. The van der Waals surface area contributed by atoms with E-state index in [4.69, 9.17) is 4.74 Å². The molecular weight excluding hydrogens is 282 g/mol. The first-order chi connectivity index (χ1) is 9.65. The van der Waals surface area contributed by atoms with Gasteiger partial charge in [0.1, 0.15) is 11.6 Å². The lowest BCUT2D eigenvalue weighted by molar-refractivity contribution is -0.141. The number of carbonyl (C=O) groups is 1. The minimum absolute atomic E-state index is 0.0328. The molecule has 20 heavy (non-hydrogen) atoms. The first kappa shape index (κ1) is 15.0. The lowest BCUT2D eigenvalue weighted by Gasteiger charge is -2.17. The summed E-state index contributed by atoms with van der Waals surface area (Å²) in [5, 5.41) is 0. The fraction of sp³-hybridized carbons (Fsp3) is 0.400. The Kier molecular flexibility index (Phi) is 5.59. The van der Waals surface area contributed by atoms with Gasteiger partial charge in [0.2, 0.25) is 0 Å². The average Bonchev–Trinajstić information content (AvgIpc) is 2.45. The maximum Gasteiger partial charge on any atom is 0.316 e. The van der Waals surface area contributed by atoms with Gasteiger partial charge < -0.3 is 4.74 Å². The van der Waals surface area contributed by atoms with E-state index in [0.29, 0.717) is 12.5 Å². The second kappa shape index (κ2) is 7.43. The van der Waals surface area contributed by atoms with Crippen molar-refractivity contribution >= 4 is 17.7 Å². The van der Waals surface area contributed by atoms with Gasteiger partial charge >= 0.3 is 5.97 Å². The summed E-state index contributed by atoms with van der Waals surface area (Å²) in [7, 11) is 0. The van der Waals surface area contributed by atoms with Crippen molar-refractivity contribution in [2.75, 3.05) is 12.4 Å². The first-order valence-corrected chi connectivity index (χ1v) is 7.52. The van der Waals surface area contributed by atoms with Gasteiger partial charge in [-0.2, -0.15) is 0 Å². The molecule has 0 saturated heterocycles. The zero-order chi connectivity index (χ0) is 14.4. The van der Waals surface area contributed by atoms with Gasteiger partial charge in [-0.15, -0.1) is 11.8 Å². The maximum absolute atomic E-state index is 13.4. The molecule has 1 aromatic carbocycles. The summed E-state index contributed by atoms with van der Waals surface area (Å²) in [6.07, 6.45) is 7.23. The zero-order valence-electron chi connectivity index (χ0n) is 11.0. The minimum Gasteiger partial charge on any atom is -0.465 e. The molecule has 1 aromatic rings. The minimum atomic E-state index is -0.653. The highest BCUT2D eigenvalue weighted by atomic mass is 32.2. The van der Waals surface area contributed by atoms with Crippen LogP contribution in [0.1, 0.15) is 19.3 Å². The molecular formula is C15H16F2O2S. The maximum atomic E-state index is 13.4. The molecule has 0 aliphatic heterocycles. The van der Waals surface area contributed by atoms with E-state index in [-0.39, 0.29) is 16.6 Å². The van der Waals surface area contributed by atoms with Crippen LogP contribution in [-0.4, -0.2) is 18.3 Å². The lowest BCUT2D eigenvalue weighted by atomic mass is 9.95. The molecule has 1 atom stereocenters. The molecule has 0 aromatic heterocycles. The van der Waals surface area contributed by atoms with Crippen LogP contribution in [0.2, 0.25) is 0 Å². The molecule has 0 radical (unpaired) electrons. The smallest absolute Gasteiger partial charge is 0.316 e. The van der Waals surface area contributed by atoms with Gasteiger partial charge in [-0.25, -0.2) is 8.78 Å². The lowest BCUT2D eigenvalue weighted by Crippen LogP contribution is -2.16. The number of rotatable bonds is 5. The van der Waals surface area contributed by atoms with Gasteiger partial charge in [-0.1, -0.05) is 12.2 Å². The van der Waals surface area contributed by atoms with Gasteiger partial charge in [-0.05, 0) is 37.3 Å². The standard InChI is InChI=1S/C15H16F2O2S/c16-12-6-7-14(13(17)8-12)20-10-15(18)19-9-11-4-2-1-3-5-11/h1-2,6-8,11H,3-5,9-10H2. The molecule has 0 spiro atoms. The molecule has 2 nitrogen and oxygen atoms in total. The predicted molar refractivity (Wildman–Crippen MR) is 74.5 cm³/mol. The van der Waals surface area contributed by atoms with Crippen LogP contribution >= 0.6 is 11.8 Å². The summed E-state index contributed by atoms with van der Waals surface area (Å²) < 4.78 is 31.3. The first-order valence-electron chi connectivity index (χ1n) is 6.53. The Morgan fingerprint density at radius 1 is 1.35 bits per heavy atom. The molecule has 108 valence electrons. The number of thioether (sulfide) groups is 1. The summed E-state index contributed by atoms with van der Waals surface area (Å²) in [6, 6.07) is 3.31. The normalized spacial score (nSPS) is 18.0. The number of ether oxygens (including phenoxy) is 1. The summed E-state index contributed by atoms with van der Waals surface area (Å²) in [6.45, 7) is 0.412. The Hall–Kier alpha value is -1.36. The number of halogens is 2. The van der Waals surface area contributed by atoms with E-state index >= 15 is 0 Å². The van der Waals surface area contributed by atoms with Crippen molar-refractivity contribution in [3.8, 4) is 0 Å². The number of hydrogen-bond acceptors (Lipinski definition) is 3. The summed E-state index contributed by atoms with van der Waals surface area (Å²) in [4.78, 5) is 11.8. The molecule has 0 amide bonds. The summed E-state index contributed by atoms with van der Waals surface area (Å²) in [5.74, 6) is -1.23. The SMILES string of the molecule is O=C(CSc1ccc(F)cc1F)OCC1CC=CCC1.